The Morgan fingerprint density at radius 1 is 1.24 bits per heavy atom. The Morgan fingerprint density at radius 3 is 2.48 bits per heavy atom. The molecule has 120 valence electrons. The summed E-state index contributed by atoms with van der Waals surface area (Å²) in [6.07, 6.45) is 4.13. The van der Waals surface area contributed by atoms with Crippen LogP contribution in [-0.4, -0.2) is 28.6 Å². The van der Waals surface area contributed by atoms with Crippen LogP contribution in [0.2, 0.25) is 0 Å². The number of hydrogen-bond donors (Lipinski definition) is 4. The van der Waals surface area contributed by atoms with Gasteiger partial charge in [0.05, 0.1) is 5.60 Å². The number of aliphatic hydroxyl groups is 2. The summed E-state index contributed by atoms with van der Waals surface area (Å²) in [6.45, 7) is 4.76. The molecule has 21 heavy (non-hydrogen) atoms. The van der Waals surface area contributed by atoms with Crippen molar-refractivity contribution in [2.45, 2.75) is 64.2 Å². The zero-order valence-electron chi connectivity index (χ0n) is 13.3. The molecule has 1 aromatic rings. The number of hydrogen-bond acceptors (Lipinski definition) is 4. The van der Waals surface area contributed by atoms with Gasteiger partial charge in [-0.25, -0.2) is 0 Å². The van der Waals surface area contributed by atoms with Gasteiger partial charge in [0.15, 0.2) is 0 Å². The molecule has 1 unspecified atom stereocenters. The van der Waals surface area contributed by atoms with Crippen molar-refractivity contribution in [3.8, 4) is 0 Å². The third kappa shape index (κ3) is 6.93. The van der Waals surface area contributed by atoms with Gasteiger partial charge in [-0.3, -0.25) is 0 Å². The molecule has 0 bridgehead atoms. The lowest BCUT2D eigenvalue weighted by Gasteiger charge is -2.28. The number of aliphatic hydroxyl groups excluding tert-OH is 1. The van der Waals surface area contributed by atoms with Crippen LogP contribution in [0.5, 0.6) is 0 Å². The van der Waals surface area contributed by atoms with Crippen LogP contribution in [0.1, 0.15) is 51.5 Å². The zero-order chi connectivity index (χ0) is 15.7. The lowest BCUT2D eigenvalue weighted by molar-refractivity contribution is 0.0344. The zero-order valence-corrected chi connectivity index (χ0v) is 13.3. The minimum absolute atomic E-state index is 0.555. The quantitative estimate of drug-likeness (QED) is 0.500. The maximum atomic E-state index is 10.6. The molecule has 1 rings (SSSR count). The molecular weight excluding hydrogens is 264 g/mol. The van der Waals surface area contributed by atoms with Crippen molar-refractivity contribution in [2.24, 2.45) is 5.73 Å². The van der Waals surface area contributed by atoms with Crippen LogP contribution in [0.15, 0.2) is 24.3 Å². The van der Waals surface area contributed by atoms with E-state index in [0.717, 1.165) is 43.4 Å². The number of aryl methyl sites for hydroxylation is 1. The third-order valence-corrected chi connectivity index (χ3v) is 3.71. The predicted octanol–water partition coefficient (Wildman–Crippen LogP) is 2.64. The number of rotatable bonds is 10. The van der Waals surface area contributed by atoms with Crippen LogP contribution in [-0.2, 0) is 6.42 Å². The first kappa shape index (κ1) is 18.0. The van der Waals surface area contributed by atoms with Crippen LogP contribution in [0, 0.1) is 0 Å². The topological polar surface area (TPSA) is 78.5 Å². The highest BCUT2D eigenvalue weighted by atomic mass is 16.3. The van der Waals surface area contributed by atoms with Crippen molar-refractivity contribution in [1.82, 2.24) is 0 Å². The summed E-state index contributed by atoms with van der Waals surface area (Å²) in [6, 6.07) is 8.07. The largest absolute Gasteiger partial charge is 0.388 e. The highest BCUT2D eigenvalue weighted by molar-refractivity contribution is 5.46. The Kier molecular flexibility index (Phi) is 7.72. The molecule has 0 aliphatic carbocycles. The first-order valence-corrected chi connectivity index (χ1v) is 7.98. The van der Waals surface area contributed by atoms with Gasteiger partial charge in [0.2, 0.25) is 0 Å². The minimum Gasteiger partial charge on any atom is -0.388 e. The second kappa shape index (κ2) is 9.03. The first-order valence-electron chi connectivity index (χ1n) is 7.98. The van der Waals surface area contributed by atoms with Crippen LogP contribution in [0.3, 0.4) is 0 Å². The molecule has 0 aromatic heterocycles. The molecule has 5 N–H and O–H groups in total. The lowest BCUT2D eigenvalue weighted by Crippen LogP contribution is -2.36. The molecule has 0 heterocycles. The Bertz CT molecular complexity index is 402. The van der Waals surface area contributed by atoms with Crippen LogP contribution < -0.4 is 11.1 Å². The van der Waals surface area contributed by atoms with Gasteiger partial charge in [0.25, 0.3) is 0 Å². The van der Waals surface area contributed by atoms with Gasteiger partial charge in [-0.15, -0.1) is 0 Å². The molecule has 0 spiro atoms. The van der Waals surface area contributed by atoms with Crippen molar-refractivity contribution in [3.05, 3.63) is 29.8 Å². The summed E-state index contributed by atoms with van der Waals surface area (Å²) in [5.74, 6) is 0. The normalized spacial score (nSPS) is 13.2. The smallest absolute Gasteiger partial charge is 0.102 e. The molecule has 0 saturated heterocycles. The second-order valence-corrected chi connectivity index (χ2v) is 5.88. The van der Waals surface area contributed by atoms with E-state index in [9.17, 15) is 5.11 Å². The van der Waals surface area contributed by atoms with E-state index in [0.29, 0.717) is 13.0 Å². The van der Waals surface area contributed by atoms with E-state index in [1.807, 2.05) is 18.2 Å². The lowest BCUT2D eigenvalue weighted by atomic mass is 9.92. The Morgan fingerprint density at radius 2 is 1.90 bits per heavy atom. The summed E-state index contributed by atoms with van der Waals surface area (Å²) < 4.78 is 0. The Labute approximate surface area is 128 Å². The fraction of sp³-hybridized carbons (Fsp3) is 0.647. The summed E-state index contributed by atoms with van der Waals surface area (Å²) in [5.41, 5.74) is 6.88. The number of nitrogens with two attached hydrogens (primary N) is 1. The highest BCUT2D eigenvalue weighted by Crippen LogP contribution is 2.21. The predicted molar refractivity (Wildman–Crippen MR) is 88.2 cm³/mol. The molecule has 4 heteroatoms. The van der Waals surface area contributed by atoms with Gasteiger partial charge in [-0.1, -0.05) is 38.8 Å². The van der Waals surface area contributed by atoms with E-state index in [-0.39, 0.29) is 0 Å². The van der Waals surface area contributed by atoms with Gasteiger partial charge in [0, 0.05) is 12.2 Å². The van der Waals surface area contributed by atoms with E-state index < -0.39 is 11.8 Å². The van der Waals surface area contributed by atoms with Crippen LogP contribution in [0.25, 0.3) is 0 Å². The standard InChI is InChI=1S/C17H30N2O2/c1-3-10-17(21,11-4-2)13-19-15-7-5-6-14(12-15)8-9-16(18)20/h5-7,12,16,19-21H,3-4,8-11,13,18H2,1-2H3. The number of anilines is 1. The van der Waals surface area contributed by atoms with E-state index in [2.05, 4.69) is 25.2 Å². The number of benzene rings is 1. The first-order chi connectivity index (χ1) is 9.99. The van der Waals surface area contributed by atoms with Crippen molar-refractivity contribution in [1.29, 1.82) is 0 Å². The van der Waals surface area contributed by atoms with Crippen molar-refractivity contribution < 1.29 is 10.2 Å². The second-order valence-electron chi connectivity index (χ2n) is 5.88. The molecule has 0 aliphatic rings. The maximum Gasteiger partial charge on any atom is 0.102 e. The molecule has 0 amide bonds. The van der Waals surface area contributed by atoms with Gasteiger partial charge >= 0.3 is 0 Å². The van der Waals surface area contributed by atoms with Crippen LogP contribution >= 0.6 is 0 Å². The summed E-state index contributed by atoms with van der Waals surface area (Å²) in [7, 11) is 0. The summed E-state index contributed by atoms with van der Waals surface area (Å²) >= 11 is 0. The van der Waals surface area contributed by atoms with Crippen molar-refractivity contribution >= 4 is 5.69 Å². The fourth-order valence-corrected chi connectivity index (χ4v) is 2.65. The molecule has 0 saturated carbocycles. The molecular formula is C17H30N2O2. The van der Waals surface area contributed by atoms with Crippen molar-refractivity contribution in [2.75, 3.05) is 11.9 Å². The average Bonchev–Trinajstić information content (AvgIpc) is 2.44. The Balaban J connectivity index is 2.59. The van der Waals surface area contributed by atoms with Gasteiger partial charge < -0.3 is 21.3 Å². The number of nitrogens with one attached hydrogen (secondary N) is 1. The van der Waals surface area contributed by atoms with Gasteiger partial charge in [0.1, 0.15) is 6.23 Å². The van der Waals surface area contributed by atoms with E-state index in [1.54, 1.807) is 0 Å². The van der Waals surface area contributed by atoms with E-state index >= 15 is 0 Å². The summed E-state index contributed by atoms with van der Waals surface area (Å²) in [4.78, 5) is 0. The summed E-state index contributed by atoms with van der Waals surface area (Å²) in [5, 5.41) is 23.1. The van der Waals surface area contributed by atoms with E-state index in [1.165, 1.54) is 0 Å². The highest BCUT2D eigenvalue weighted by Gasteiger charge is 2.24. The van der Waals surface area contributed by atoms with Gasteiger partial charge in [-0.05, 0) is 43.4 Å². The average molecular weight is 294 g/mol. The molecule has 1 atom stereocenters. The minimum atomic E-state index is -0.763. The molecule has 4 nitrogen and oxygen atoms in total. The third-order valence-electron chi connectivity index (χ3n) is 3.71. The fourth-order valence-electron chi connectivity index (χ4n) is 2.65. The van der Waals surface area contributed by atoms with Gasteiger partial charge in [-0.2, -0.15) is 0 Å². The Hall–Kier alpha value is -1.10. The SMILES string of the molecule is CCCC(O)(CCC)CNc1cccc(CCC(N)O)c1. The van der Waals surface area contributed by atoms with E-state index in [4.69, 9.17) is 10.8 Å². The monoisotopic (exact) mass is 294 g/mol. The molecule has 0 radical (unpaired) electrons. The molecule has 0 fully saturated rings. The molecule has 0 aliphatic heterocycles. The molecule has 1 aromatic carbocycles. The maximum absolute atomic E-state index is 10.6. The van der Waals surface area contributed by atoms with Crippen molar-refractivity contribution in [3.63, 3.8) is 0 Å². The van der Waals surface area contributed by atoms with Crippen LogP contribution in [0.4, 0.5) is 5.69 Å².